The number of hydrogen-bond donors (Lipinski definition) is 0. The molecule has 1 heterocycles. The molecular formula is C71H46N2. The third-order valence-corrected chi connectivity index (χ3v) is 15.8. The monoisotopic (exact) mass is 926 g/mol. The molecule has 0 atom stereocenters. The molecule has 2 aliphatic carbocycles. The maximum atomic E-state index is 2.48. The maximum absolute atomic E-state index is 2.48. The van der Waals surface area contributed by atoms with Gasteiger partial charge in [0, 0.05) is 33.4 Å². The summed E-state index contributed by atoms with van der Waals surface area (Å²) in [5.41, 5.74) is 24.1. The fraction of sp³-hybridized carbons (Fsp3) is 0.0141. The molecule has 13 aromatic rings. The molecule has 0 fully saturated rings. The van der Waals surface area contributed by atoms with Gasteiger partial charge in [0.05, 0.1) is 22.1 Å². The first-order valence-corrected chi connectivity index (χ1v) is 25.3. The second-order valence-corrected chi connectivity index (χ2v) is 19.5. The van der Waals surface area contributed by atoms with E-state index in [1.807, 2.05) is 0 Å². The molecule has 12 aromatic carbocycles. The van der Waals surface area contributed by atoms with Crippen LogP contribution in [0.5, 0.6) is 0 Å². The van der Waals surface area contributed by atoms with Crippen LogP contribution < -0.4 is 4.90 Å². The standard InChI is InChI=1S/C71H46N2/c1-2-18-55-49(16-1)17-15-25-56(55)50-38-42-53(43-39-50)72(54-44-45-61-60-22-5-11-28-66(60)71(67(61)46-54)64-26-9-3-20-58(64)59-21-4-10-27-65(59)71)52-40-36-48(37-41-52)47-32-34-51(35-33-47)57-19-6-12-29-68(57)73-69-30-13-7-23-62(69)63-24-8-14-31-70(63)73/h1-46H. The molecule has 2 nitrogen and oxygen atoms in total. The lowest BCUT2D eigenvalue weighted by Gasteiger charge is -2.32. The van der Waals surface area contributed by atoms with E-state index in [1.165, 1.54) is 116 Å². The van der Waals surface area contributed by atoms with E-state index in [-0.39, 0.29) is 0 Å². The van der Waals surface area contributed by atoms with Crippen molar-refractivity contribution >= 4 is 49.6 Å². The average Bonchev–Trinajstić information content (AvgIpc) is 4.15. The zero-order chi connectivity index (χ0) is 48.0. The molecule has 15 rings (SSSR count). The normalized spacial score (nSPS) is 12.8. The van der Waals surface area contributed by atoms with Gasteiger partial charge in [-0.25, -0.2) is 0 Å². The first-order valence-electron chi connectivity index (χ1n) is 25.3. The Hall–Kier alpha value is -9.50. The van der Waals surface area contributed by atoms with E-state index in [0.717, 1.165) is 17.1 Å². The van der Waals surface area contributed by atoms with Crippen LogP contribution in [0.4, 0.5) is 17.1 Å². The minimum absolute atomic E-state index is 0.445. The summed E-state index contributed by atoms with van der Waals surface area (Å²) in [5.74, 6) is 0. The van der Waals surface area contributed by atoms with E-state index in [2.05, 4.69) is 289 Å². The van der Waals surface area contributed by atoms with E-state index in [0.29, 0.717) is 0 Å². The van der Waals surface area contributed by atoms with Gasteiger partial charge < -0.3 is 9.47 Å². The molecule has 1 aromatic heterocycles. The molecule has 340 valence electrons. The number of rotatable bonds is 7. The Bertz CT molecular complexity index is 4190. The van der Waals surface area contributed by atoms with Crippen molar-refractivity contribution < 1.29 is 0 Å². The molecule has 0 saturated carbocycles. The lowest BCUT2D eigenvalue weighted by atomic mass is 9.70. The Labute approximate surface area is 425 Å². The SMILES string of the molecule is c1ccc(-n2c3ccccc3c3ccccc32)c(-c2ccc(-c3ccc(N(c4ccc(-c5cccc6ccccc56)cc4)c4ccc5c(c4)C4(c6ccccc6-c6ccccc64)c4ccccc4-5)cc3)cc2)c1. The van der Waals surface area contributed by atoms with Crippen LogP contribution in [0.3, 0.4) is 0 Å². The highest BCUT2D eigenvalue weighted by molar-refractivity contribution is 6.10. The Balaban J connectivity index is 0.842. The molecule has 0 saturated heterocycles. The quantitative estimate of drug-likeness (QED) is 0.155. The maximum Gasteiger partial charge on any atom is 0.0726 e. The molecular weight excluding hydrogens is 881 g/mol. The van der Waals surface area contributed by atoms with Gasteiger partial charge in [-0.2, -0.15) is 0 Å². The number of anilines is 3. The highest BCUT2D eigenvalue weighted by Gasteiger charge is 2.51. The fourth-order valence-electron chi connectivity index (χ4n) is 12.7. The van der Waals surface area contributed by atoms with Crippen LogP contribution in [0.25, 0.3) is 93.9 Å². The van der Waals surface area contributed by atoms with Crippen molar-refractivity contribution in [3.8, 4) is 61.3 Å². The molecule has 2 aliphatic rings. The van der Waals surface area contributed by atoms with Gasteiger partial charge in [-0.15, -0.1) is 0 Å². The van der Waals surface area contributed by atoms with Crippen LogP contribution >= 0.6 is 0 Å². The molecule has 0 N–H and O–H groups in total. The highest BCUT2D eigenvalue weighted by Crippen LogP contribution is 2.63. The third kappa shape index (κ3) is 6.17. The number of hydrogen-bond acceptors (Lipinski definition) is 1. The van der Waals surface area contributed by atoms with Crippen LogP contribution in [-0.2, 0) is 5.41 Å². The largest absolute Gasteiger partial charge is 0.310 e. The minimum atomic E-state index is -0.445. The van der Waals surface area contributed by atoms with Gasteiger partial charge in [0.25, 0.3) is 0 Å². The summed E-state index contributed by atoms with van der Waals surface area (Å²) in [6, 6.07) is 103. The average molecular weight is 927 g/mol. The van der Waals surface area contributed by atoms with Gasteiger partial charge in [0.15, 0.2) is 0 Å². The van der Waals surface area contributed by atoms with Crippen molar-refractivity contribution in [3.05, 3.63) is 301 Å². The van der Waals surface area contributed by atoms with Crippen LogP contribution in [-0.4, -0.2) is 4.57 Å². The first kappa shape index (κ1) is 41.3. The molecule has 0 bridgehead atoms. The van der Waals surface area contributed by atoms with Crippen molar-refractivity contribution in [2.24, 2.45) is 0 Å². The summed E-state index contributed by atoms with van der Waals surface area (Å²) in [6.45, 7) is 0. The topological polar surface area (TPSA) is 8.17 Å². The van der Waals surface area contributed by atoms with E-state index >= 15 is 0 Å². The first-order chi connectivity index (χ1) is 36.2. The number of nitrogens with zero attached hydrogens (tertiary/aromatic N) is 2. The molecule has 0 amide bonds. The fourth-order valence-corrected chi connectivity index (χ4v) is 12.7. The molecule has 73 heavy (non-hydrogen) atoms. The molecule has 2 heteroatoms. The number of benzene rings is 12. The van der Waals surface area contributed by atoms with Gasteiger partial charge in [0.2, 0.25) is 0 Å². The second kappa shape index (κ2) is 16.3. The van der Waals surface area contributed by atoms with Crippen molar-refractivity contribution in [2.75, 3.05) is 4.90 Å². The summed E-state index contributed by atoms with van der Waals surface area (Å²) >= 11 is 0. The second-order valence-electron chi connectivity index (χ2n) is 19.5. The summed E-state index contributed by atoms with van der Waals surface area (Å²) < 4.78 is 2.42. The van der Waals surface area contributed by atoms with Crippen LogP contribution in [0.2, 0.25) is 0 Å². The molecule has 0 unspecified atom stereocenters. The number of fused-ring (bicyclic) bond motifs is 14. The smallest absolute Gasteiger partial charge is 0.0726 e. The summed E-state index contributed by atoms with van der Waals surface area (Å²) in [4.78, 5) is 2.44. The molecule has 0 aliphatic heterocycles. The van der Waals surface area contributed by atoms with Crippen molar-refractivity contribution in [1.82, 2.24) is 4.57 Å². The highest BCUT2D eigenvalue weighted by atomic mass is 15.1. The number of aromatic nitrogens is 1. The van der Waals surface area contributed by atoms with Crippen molar-refractivity contribution in [2.45, 2.75) is 5.41 Å². The van der Waals surface area contributed by atoms with Crippen molar-refractivity contribution in [3.63, 3.8) is 0 Å². The lowest BCUT2D eigenvalue weighted by molar-refractivity contribution is 0.793. The van der Waals surface area contributed by atoms with Gasteiger partial charge in [0.1, 0.15) is 0 Å². The van der Waals surface area contributed by atoms with Gasteiger partial charge in [-0.05, 0) is 138 Å². The van der Waals surface area contributed by atoms with Crippen LogP contribution in [0.15, 0.2) is 279 Å². The Kier molecular flexibility index (Phi) is 9.21. The van der Waals surface area contributed by atoms with E-state index in [4.69, 9.17) is 0 Å². The summed E-state index contributed by atoms with van der Waals surface area (Å²) in [5, 5.41) is 5.03. The predicted molar refractivity (Wildman–Crippen MR) is 306 cm³/mol. The van der Waals surface area contributed by atoms with E-state index < -0.39 is 5.41 Å². The van der Waals surface area contributed by atoms with E-state index in [1.54, 1.807) is 0 Å². The molecule has 1 spiro atoms. The predicted octanol–water partition coefficient (Wildman–Crippen LogP) is 18.8. The van der Waals surface area contributed by atoms with Crippen molar-refractivity contribution in [1.29, 1.82) is 0 Å². The Morgan fingerprint density at radius 3 is 1.26 bits per heavy atom. The molecule has 0 radical (unpaired) electrons. The number of para-hydroxylation sites is 3. The third-order valence-electron chi connectivity index (χ3n) is 15.8. The lowest BCUT2D eigenvalue weighted by Crippen LogP contribution is -2.26. The van der Waals surface area contributed by atoms with Gasteiger partial charge in [-0.3, -0.25) is 0 Å². The van der Waals surface area contributed by atoms with Gasteiger partial charge in [-0.1, -0.05) is 224 Å². The van der Waals surface area contributed by atoms with Gasteiger partial charge >= 0.3 is 0 Å². The Morgan fingerprint density at radius 2 is 0.658 bits per heavy atom. The van der Waals surface area contributed by atoms with Crippen LogP contribution in [0, 0.1) is 0 Å². The Morgan fingerprint density at radius 1 is 0.260 bits per heavy atom. The summed E-state index contributed by atoms with van der Waals surface area (Å²) in [7, 11) is 0. The zero-order valence-electron chi connectivity index (χ0n) is 40.0. The summed E-state index contributed by atoms with van der Waals surface area (Å²) in [6.07, 6.45) is 0. The van der Waals surface area contributed by atoms with E-state index in [9.17, 15) is 0 Å². The minimum Gasteiger partial charge on any atom is -0.310 e. The van der Waals surface area contributed by atoms with Crippen LogP contribution in [0.1, 0.15) is 22.3 Å². The zero-order valence-corrected chi connectivity index (χ0v) is 40.0.